The molecule has 0 bridgehead atoms. The van der Waals surface area contributed by atoms with Gasteiger partial charge < -0.3 is 0 Å². The molecule has 4 aromatic rings. The average Bonchev–Trinajstić information content (AvgIpc) is 2.74. The van der Waals surface area contributed by atoms with Crippen LogP contribution in [0.5, 0.6) is 0 Å². The number of hydrogen-bond acceptors (Lipinski definition) is 1. The summed E-state index contributed by atoms with van der Waals surface area (Å²) in [5, 5.41) is 3.76. The maximum atomic E-state index is 5.44. The van der Waals surface area contributed by atoms with Crippen LogP contribution in [0.1, 0.15) is 0 Å². The Hall–Kier alpha value is -2.41. The quantitative estimate of drug-likeness (QED) is 0.338. The van der Waals surface area contributed by atoms with Crippen LogP contribution in [0.2, 0.25) is 0 Å². The van der Waals surface area contributed by atoms with Gasteiger partial charge in [0.15, 0.2) is 0 Å². The third-order valence-corrected chi connectivity index (χ3v) is 8.62. The van der Waals surface area contributed by atoms with E-state index in [0.717, 1.165) is 10.2 Å². The van der Waals surface area contributed by atoms with Crippen molar-refractivity contribution in [2.75, 3.05) is 0 Å². The zero-order valence-corrected chi connectivity index (χ0v) is 17.2. The molecule has 0 aliphatic rings. The Labute approximate surface area is 168 Å². The van der Waals surface area contributed by atoms with E-state index in [-0.39, 0.29) is 0 Å². The lowest BCUT2D eigenvalue weighted by Gasteiger charge is -2.27. The summed E-state index contributed by atoms with van der Waals surface area (Å²) < 4.78 is 6.48. The summed E-state index contributed by atoms with van der Waals surface area (Å²) in [6, 6.07) is 40.3. The van der Waals surface area contributed by atoms with Gasteiger partial charge in [0.05, 0.1) is 12.7 Å². The second-order valence-electron chi connectivity index (χ2n) is 6.22. The molecule has 0 radical (unpaired) electrons. The highest BCUT2D eigenvalue weighted by Gasteiger charge is 2.27. The van der Waals surface area contributed by atoms with Gasteiger partial charge in [-0.25, -0.2) is 0 Å². The molecule has 0 aliphatic heterocycles. The highest BCUT2D eigenvalue weighted by Crippen LogP contribution is 2.49. The molecule has 0 aliphatic carbocycles. The lowest BCUT2D eigenvalue weighted by Crippen LogP contribution is -2.25. The minimum Gasteiger partial charge on any atom is -0.254 e. The topological polar surface area (TPSA) is 12.4 Å². The van der Waals surface area contributed by atoms with E-state index in [0.29, 0.717) is 0 Å². The Kier molecular flexibility index (Phi) is 5.38. The lowest BCUT2D eigenvalue weighted by atomic mass is 10.3. The van der Waals surface area contributed by atoms with E-state index < -0.39 is 7.05 Å². The van der Waals surface area contributed by atoms with Crippen molar-refractivity contribution in [2.24, 2.45) is 4.74 Å². The van der Waals surface area contributed by atoms with Gasteiger partial charge in [-0.2, -0.15) is 0 Å². The fourth-order valence-electron chi connectivity index (χ4n) is 3.26. The van der Waals surface area contributed by atoms with Crippen molar-refractivity contribution in [2.45, 2.75) is 0 Å². The first-order valence-electron chi connectivity index (χ1n) is 8.84. The van der Waals surface area contributed by atoms with Gasteiger partial charge in [-0.15, -0.1) is 0 Å². The Balaban J connectivity index is 2.13. The number of hydrogen-bond donors (Lipinski definition) is 0. The predicted octanol–water partition coefficient (Wildman–Crippen LogP) is 6.26. The van der Waals surface area contributed by atoms with Gasteiger partial charge in [-0.05, 0) is 18.2 Å². The molecule has 4 aromatic carbocycles. The number of halogens is 1. The van der Waals surface area contributed by atoms with Crippen LogP contribution in [0, 0.1) is 0 Å². The molecule has 0 N–H and O–H groups in total. The van der Waals surface area contributed by atoms with Crippen molar-refractivity contribution < 1.29 is 0 Å². The van der Waals surface area contributed by atoms with Crippen molar-refractivity contribution in [1.29, 1.82) is 0 Å². The zero-order chi connectivity index (χ0) is 18.5. The van der Waals surface area contributed by atoms with E-state index in [1.54, 1.807) is 0 Å². The zero-order valence-electron chi connectivity index (χ0n) is 14.7. The first-order valence-corrected chi connectivity index (χ1v) is 11.4. The van der Waals surface area contributed by atoms with Gasteiger partial charge in [0, 0.05) is 20.4 Å². The van der Waals surface area contributed by atoms with Crippen LogP contribution in [0.25, 0.3) is 0 Å². The van der Waals surface area contributed by atoms with Crippen LogP contribution in [0.3, 0.4) is 0 Å². The van der Waals surface area contributed by atoms with Gasteiger partial charge in [0.25, 0.3) is 0 Å². The molecule has 0 fully saturated rings. The summed E-state index contributed by atoms with van der Waals surface area (Å²) in [5.74, 6) is 0. The number of nitrogens with zero attached hydrogens (tertiary/aromatic N) is 1. The second kappa shape index (κ2) is 8.08. The summed E-state index contributed by atoms with van der Waals surface area (Å²) in [4.78, 5) is 0. The smallest absolute Gasteiger partial charge is 0.0636 e. The third-order valence-electron chi connectivity index (χ3n) is 4.46. The van der Waals surface area contributed by atoms with E-state index in [9.17, 15) is 0 Å². The molecular weight excluding hydrogens is 413 g/mol. The fourth-order valence-corrected chi connectivity index (χ4v) is 7.17. The molecule has 0 amide bonds. The summed E-state index contributed by atoms with van der Waals surface area (Å²) in [7, 11) is -2.19. The van der Waals surface area contributed by atoms with E-state index in [2.05, 4.69) is 119 Å². The van der Waals surface area contributed by atoms with Gasteiger partial charge >= 0.3 is 0 Å². The SMILES string of the molecule is Brc1cccc(N=P(c2ccccc2)(c2ccccc2)c2ccccc2)c1. The van der Waals surface area contributed by atoms with Crippen molar-refractivity contribution in [3.05, 3.63) is 120 Å². The van der Waals surface area contributed by atoms with Gasteiger partial charge in [0.1, 0.15) is 0 Å². The Morgan fingerprint density at radius 1 is 0.519 bits per heavy atom. The molecule has 132 valence electrons. The monoisotopic (exact) mass is 431 g/mol. The average molecular weight is 432 g/mol. The first-order chi connectivity index (χ1) is 13.3. The Bertz CT molecular complexity index is 973. The molecule has 3 heteroatoms. The predicted molar refractivity (Wildman–Crippen MR) is 121 cm³/mol. The van der Waals surface area contributed by atoms with E-state index in [1.165, 1.54) is 15.9 Å². The maximum Gasteiger partial charge on any atom is 0.0636 e. The lowest BCUT2D eigenvalue weighted by molar-refractivity contribution is 1.53. The number of rotatable bonds is 4. The minimum absolute atomic E-state index is 0.981. The van der Waals surface area contributed by atoms with Gasteiger partial charge in [-0.1, -0.05) is 113 Å². The minimum atomic E-state index is -2.19. The molecular formula is C24H19BrNP. The van der Waals surface area contributed by atoms with Crippen molar-refractivity contribution in [1.82, 2.24) is 0 Å². The van der Waals surface area contributed by atoms with E-state index in [1.807, 2.05) is 12.1 Å². The van der Waals surface area contributed by atoms with Gasteiger partial charge in [0.2, 0.25) is 0 Å². The molecule has 0 saturated heterocycles. The largest absolute Gasteiger partial charge is 0.254 e. The maximum absolute atomic E-state index is 5.44. The van der Waals surface area contributed by atoms with Crippen LogP contribution < -0.4 is 15.9 Å². The molecule has 0 atom stereocenters. The molecule has 0 spiro atoms. The standard InChI is InChI=1S/C24H19BrNP/c25-20-11-10-12-21(19-20)26-27(22-13-4-1-5-14-22,23-15-6-2-7-16-23)24-17-8-3-9-18-24/h1-19H. The van der Waals surface area contributed by atoms with Crippen LogP contribution in [0.4, 0.5) is 5.69 Å². The first kappa shape index (κ1) is 18.0. The Morgan fingerprint density at radius 2 is 0.963 bits per heavy atom. The molecule has 0 saturated carbocycles. The van der Waals surface area contributed by atoms with Crippen LogP contribution in [-0.4, -0.2) is 0 Å². The van der Waals surface area contributed by atoms with Crippen molar-refractivity contribution >= 4 is 44.6 Å². The molecule has 0 aromatic heterocycles. The molecule has 4 rings (SSSR count). The molecule has 1 nitrogen and oxygen atoms in total. The third kappa shape index (κ3) is 3.69. The fraction of sp³-hybridized carbons (Fsp3) is 0. The van der Waals surface area contributed by atoms with Crippen molar-refractivity contribution in [3.63, 3.8) is 0 Å². The van der Waals surface area contributed by atoms with Crippen LogP contribution in [-0.2, 0) is 0 Å². The Morgan fingerprint density at radius 3 is 1.37 bits per heavy atom. The summed E-state index contributed by atoms with van der Waals surface area (Å²) in [6.45, 7) is 0. The molecule has 0 heterocycles. The molecule has 27 heavy (non-hydrogen) atoms. The van der Waals surface area contributed by atoms with Gasteiger partial charge in [-0.3, -0.25) is 4.74 Å². The number of benzene rings is 4. The summed E-state index contributed by atoms with van der Waals surface area (Å²) >= 11 is 3.59. The molecule has 0 unspecified atom stereocenters. The van der Waals surface area contributed by atoms with E-state index in [4.69, 9.17) is 4.74 Å². The summed E-state index contributed by atoms with van der Waals surface area (Å²) in [5.41, 5.74) is 0.981. The van der Waals surface area contributed by atoms with E-state index >= 15 is 0 Å². The summed E-state index contributed by atoms with van der Waals surface area (Å²) in [6.07, 6.45) is 0. The second-order valence-corrected chi connectivity index (χ2v) is 10.2. The van der Waals surface area contributed by atoms with Crippen LogP contribution in [0.15, 0.2) is 124 Å². The highest BCUT2D eigenvalue weighted by atomic mass is 79.9. The highest BCUT2D eigenvalue weighted by molar-refractivity contribution is 9.10. The van der Waals surface area contributed by atoms with Crippen LogP contribution >= 0.6 is 23.0 Å². The normalized spacial score (nSPS) is 11.1. The van der Waals surface area contributed by atoms with Crippen molar-refractivity contribution in [3.8, 4) is 0 Å².